The van der Waals surface area contributed by atoms with Gasteiger partial charge in [0.05, 0.1) is 6.42 Å². The minimum absolute atomic E-state index is 0.0166. The van der Waals surface area contributed by atoms with Crippen LogP contribution in [-0.4, -0.2) is 11.6 Å². The lowest BCUT2D eigenvalue weighted by Gasteiger charge is -2.11. The van der Waals surface area contributed by atoms with E-state index >= 15 is 0 Å². The number of carbonyl (C=O) groups excluding carboxylic acids is 2. The molecule has 0 fully saturated rings. The average molecular weight is 232 g/mol. The van der Waals surface area contributed by atoms with Gasteiger partial charge in [-0.25, -0.2) is 0 Å². The maximum Gasteiger partial charge on any atom is 0.170 e. The highest BCUT2D eigenvalue weighted by Gasteiger charge is 2.16. The molecule has 1 aromatic carbocycles. The van der Waals surface area contributed by atoms with Crippen molar-refractivity contribution in [2.45, 2.75) is 46.5 Å². The maximum absolute atomic E-state index is 12.2. The van der Waals surface area contributed by atoms with Gasteiger partial charge >= 0.3 is 0 Å². The molecule has 0 N–H and O–H groups in total. The molecule has 92 valence electrons. The molecule has 0 aliphatic heterocycles. The third kappa shape index (κ3) is 3.26. The molecule has 2 nitrogen and oxygen atoms in total. The van der Waals surface area contributed by atoms with E-state index in [9.17, 15) is 9.59 Å². The molecule has 0 saturated heterocycles. The summed E-state index contributed by atoms with van der Waals surface area (Å²) in [6, 6.07) is 5.93. The van der Waals surface area contributed by atoms with Crippen molar-refractivity contribution in [3.63, 3.8) is 0 Å². The van der Waals surface area contributed by atoms with Crippen molar-refractivity contribution < 1.29 is 9.59 Å². The Kier molecular flexibility index (Phi) is 5.08. The Morgan fingerprint density at radius 3 is 1.94 bits per heavy atom. The Morgan fingerprint density at radius 1 is 1.00 bits per heavy atom. The summed E-state index contributed by atoms with van der Waals surface area (Å²) in [6.07, 6.45) is 2.13. The standard InChI is InChI=1S/C15H20O2/c1-4-11-8-7-9-12(5-2)15(11)14(17)10-13(16)6-3/h7-9H,4-6,10H2,1-3H3. The number of carbonyl (C=O) groups is 2. The molecule has 0 heterocycles. The Morgan fingerprint density at radius 2 is 1.53 bits per heavy atom. The molecule has 0 bridgehead atoms. The van der Waals surface area contributed by atoms with Crippen LogP contribution in [0.25, 0.3) is 0 Å². The van der Waals surface area contributed by atoms with E-state index in [4.69, 9.17) is 0 Å². The summed E-state index contributed by atoms with van der Waals surface area (Å²) in [5.41, 5.74) is 2.89. The van der Waals surface area contributed by atoms with Gasteiger partial charge in [0.25, 0.3) is 0 Å². The minimum atomic E-state index is -0.0221. The van der Waals surface area contributed by atoms with E-state index in [0.717, 1.165) is 29.5 Å². The fourth-order valence-electron chi connectivity index (χ4n) is 1.99. The molecule has 0 radical (unpaired) electrons. The van der Waals surface area contributed by atoms with Crippen molar-refractivity contribution in [1.29, 1.82) is 0 Å². The van der Waals surface area contributed by atoms with Crippen LogP contribution in [0.5, 0.6) is 0 Å². The molecular weight excluding hydrogens is 212 g/mol. The maximum atomic E-state index is 12.2. The zero-order chi connectivity index (χ0) is 12.8. The summed E-state index contributed by atoms with van der Waals surface area (Å²) in [5.74, 6) is -0.00545. The zero-order valence-electron chi connectivity index (χ0n) is 10.9. The lowest BCUT2D eigenvalue weighted by Crippen LogP contribution is -2.12. The first-order valence-corrected chi connectivity index (χ1v) is 6.29. The molecule has 2 heteroatoms. The monoisotopic (exact) mass is 232 g/mol. The predicted molar refractivity (Wildman–Crippen MR) is 69.4 cm³/mol. The van der Waals surface area contributed by atoms with Crippen molar-refractivity contribution in [2.24, 2.45) is 0 Å². The second kappa shape index (κ2) is 6.33. The summed E-state index contributed by atoms with van der Waals surface area (Å²) in [6.45, 7) is 5.86. The fraction of sp³-hybridized carbons (Fsp3) is 0.467. The van der Waals surface area contributed by atoms with E-state index in [2.05, 4.69) is 0 Å². The van der Waals surface area contributed by atoms with Crippen LogP contribution in [0.2, 0.25) is 0 Å². The summed E-state index contributed by atoms with van der Waals surface area (Å²) in [7, 11) is 0. The molecule has 0 unspecified atom stereocenters. The van der Waals surface area contributed by atoms with Gasteiger partial charge in [-0.15, -0.1) is 0 Å². The summed E-state index contributed by atoms with van der Waals surface area (Å²) >= 11 is 0. The Balaban J connectivity index is 3.09. The summed E-state index contributed by atoms with van der Waals surface area (Å²) < 4.78 is 0. The van der Waals surface area contributed by atoms with Gasteiger partial charge in [-0.05, 0) is 24.0 Å². The topological polar surface area (TPSA) is 34.1 Å². The van der Waals surface area contributed by atoms with Crippen molar-refractivity contribution >= 4 is 11.6 Å². The third-order valence-corrected chi connectivity index (χ3v) is 3.03. The van der Waals surface area contributed by atoms with E-state index in [1.807, 2.05) is 32.0 Å². The van der Waals surface area contributed by atoms with Crippen LogP contribution < -0.4 is 0 Å². The molecule has 17 heavy (non-hydrogen) atoms. The van der Waals surface area contributed by atoms with Crippen LogP contribution in [0.3, 0.4) is 0 Å². The third-order valence-electron chi connectivity index (χ3n) is 3.03. The Bertz CT molecular complexity index is 397. The normalized spacial score (nSPS) is 10.3. The largest absolute Gasteiger partial charge is 0.299 e. The number of hydrogen-bond acceptors (Lipinski definition) is 2. The lowest BCUT2D eigenvalue weighted by molar-refractivity contribution is -0.117. The molecule has 0 aliphatic carbocycles. The quantitative estimate of drug-likeness (QED) is 0.556. The van der Waals surface area contributed by atoms with E-state index in [1.54, 1.807) is 6.92 Å². The van der Waals surface area contributed by atoms with Crippen LogP contribution in [0.4, 0.5) is 0 Å². The summed E-state index contributed by atoms with van der Waals surface area (Å²) in [5, 5.41) is 0. The van der Waals surface area contributed by atoms with E-state index in [1.165, 1.54) is 0 Å². The smallest absolute Gasteiger partial charge is 0.170 e. The highest BCUT2D eigenvalue weighted by Crippen LogP contribution is 2.18. The first kappa shape index (κ1) is 13.6. The average Bonchev–Trinajstić information content (AvgIpc) is 2.37. The first-order valence-electron chi connectivity index (χ1n) is 6.29. The van der Waals surface area contributed by atoms with Gasteiger partial charge in [-0.1, -0.05) is 39.0 Å². The molecule has 0 aromatic heterocycles. The summed E-state index contributed by atoms with van der Waals surface area (Å²) in [4.78, 5) is 23.5. The molecular formula is C15H20O2. The molecule has 0 amide bonds. The van der Waals surface area contributed by atoms with Crippen LogP contribution >= 0.6 is 0 Å². The van der Waals surface area contributed by atoms with Crippen LogP contribution in [0.15, 0.2) is 18.2 Å². The van der Waals surface area contributed by atoms with Crippen LogP contribution in [-0.2, 0) is 17.6 Å². The van der Waals surface area contributed by atoms with Gasteiger partial charge in [0.15, 0.2) is 5.78 Å². The van der Waals surface area contributed by atoms with E-state index in [0.29, 0.717) is 6.42 Å². The second-order valence-corrected chi connectivity index (χ2v) is 4.15. The van der Waals surface area contributed by atoms with Gasteiger partial charge in [0.1, 0.15) is 5.78 Å². The molecule has 0 atom stereocenters. The van der Waals surface area contributed by atoms with Gasteiger partial charge < -0.3 is 0 Å². The number of aryl methyl sites for hydroxylation is 2. The Hall–Kier alpha value is -1.44. The van der Waals surface area contributed by atoms with Crippen molar-refractivity contribution in [2.75, 3.05) is 0 Å². The zero-order valence-corrected chi connectivity index (χ0v) is 10.9. The van der Waals surface area contributed by atoms with E-state index < -0.39 is 0 Å². The van der Waals surface area contributed by atoms with E-state index in [-0.39, 0.29) is 18.0 Å². The van der Waals surface area contributed by atoms with Crippen molar-refractivity contribution in [1.82, 2.24) is 0 Å². The number of Topliss-reactive ketones (excluding diaryl/α,β-unsaturated/α-hetero) is 2. The van der Waals surface area contributed by atoms with Gasteiger partial charge in [-0.2, -0.15) is 0 Å². The van der Waals surface area contributed by atoms with Gasteiger partial charge in [0.2, 0.25) is 0 Å². The molecule has 0 saturated carbocycles. The lowest BCUT2D eigenvalue weighted by atomic mass is 9.92. The van der Waals surface area contributed by atoms with Crippen molar-refractivity contribution in [3.05, 3.63) is 34.9 Å². The number of hydrogen-bond donors (Lipinski definition) is 0. The minimum Gasteiger partial charge on any atom is -0.299 e. The molecule has 1 aromatic rings. The Labute approximate surface area is 103 Å². The SMILES string of the molecule is CCC(=O)CC(=O)c1c(CC)cccc1CC. The number of rotatable bonds is 6. The molecule has 0 aliphatic rings. The number of benzene rings is 1. The highest BCUT2D eigenvalue weighted by molar-refractivity contribution is 6.09. The number of ketones is 2. The first-order chi connectivity index (χ1) is 8.13. The van der Waals surface area contributed by atoms with Gasteiger partial charge in [0, 0.05) is 12.0 Å². The molecule has 0 spiro atoms. The van der Waals surface area contributed by atoms with Crippen molar-refractivity contribution in [3.8, 4) is 0 Å². The molecule has 1 rings (SSSR count). The van der Waals surface area contributed by atoms with Crippen LogP contribution in [0, 0.1) is 0 Å². The van der Waals surface area contributed by atoms with Gasteiger partial charge in [-0.3, -0.25) is 9.59 Å². The second-order valence-electron chi connectivity index (χ2n) is 4.15. The predicted octanol–water partition coefficient (Wildman–Crippen LogP) is 3.36. The highest BCUT2D eigenvalue weighted by atomic mass is 16.1. The van der Waals surface area contributed by atoms with Crippen LogP contribution in [0.1, 0.15) is 55.1 Å². The fourth-order valence-corrected chi connectivity index (χ4v) is 1.99.